The Kier molecular flexibility index (Phi) is 7.58. The molecule has 1 N–H and O–H groups in total. The van der Waals surface area contributed by atoms with Crippen molar-refractivity contribution >= 4 is 56.6 Å². The number of piperidine rings is 1. The van der Waals surface area contributed by atoms with Gasteiger partial charge in [0.25, 0.3) is 0 Å². The molecule has 4 bridgehead atoms. The van der Waals surface area contributed by atoms with E-state index in [0.717, 1.165) is 78.7 Å². The number of hydrogen-bond acceptors (Lipinski definition) is 6. The molecule has 0 unspecified atom stereocenters. The van der Waals surface area contributed by atoms with E-state index in [1.165, 1.54) is 0 Å². The molecule has 264 valence electrons. The minimum atomic E-state index is -0.459. The van der Waals surface area contributed by atoms with Crippen molar-refractivity contribution in [3.63, 3.8) is 0 Å². The van der Waals surface area contributed by atoms with Crippen LogP contribution in [0.2, 0.25) is 10.0 Å². The predicted octanol–water partition coefficient (Wildman–Crippen LogP) is 8.18. The van der Waals surface area contributed by atoms with E-state index in [-0.39, 0.29) is 52.8 Å². The third-order valence-corrected chi connectivity index (χ3v) is 13.4. The van der Waals surface area contributed by atoms with Crippen molar-refractivity contribution in [2.75, 3.05) is 24.5 Å². The molecule has 1 amide bonds. The molecule has 3 aromatic heterocycles. The molecule has 2 aromatic carbocycles. The summed E-state index contributed by atoms with van der Waals surface area (Å²) >= 11 is 13.2. The molecule has 4 aliphatic heterocycles. The van der Waals surface area contributed by atoms with E-state index in [2.05, 4.69) is 48.9 Å². The van der Waals surface area contributed by atoms with Gasteiger partial charge in [-0.05, 0) is 80.8 Å². The third-order valence-electron chi connectivity index (χ3n) is 12.5. The number of aromatic nitrogens is 3. The van der Waals surface area contributed by atoms with Crippen molar-refractivity contribution < 1.29 is 9.18 Å². The van der Waals surface area contributed by atoms with Gasteiger partial charge in [-0.1, -0.05) is 35.3 Å². The number of amides is 1. The maximum Gasteiger partial charge on any atom is 0.226 e. The fourth-order valence-corrected chi connectivity index (χ4v) is 10.5. The fraction of sp³-hybridized carbons (Fsp3) is 0.415. The first kappa shape index (κ1) is 32.4. The molecule has 2 aliphatic carbocycles. The number of halogens is 3. The SMILES string of the molecule is Cc1nc2c(F)c(-c3cccc(Cl)c3Cl)c(CCC#N)cc2c2c1cc([C@H]1[C@H]3C[C@H](CN(c4ccncc4)C3)N1C(=O)C1CC1)n2[C@H]1[C@H]2CN[C@@H]1C2. The van der Waals surface area contributed by atoms with Crippen molar-refractivity contribution in [3.8, 4) is 17.2 Å². The van der Waals surface area contributed by atoms with Gasteiger partial charge < -0.3 is 19.7 Å². The summed E-state index contributed by atoms with van der Waals surface area (Å²) < 4.78 is 19.8. The number of anilines is 1. The second kappa shape index (κ2) is 12.2. The first-order chi connectivity index (χ1) is 25.3. The number of benzene rings is 2. The molecule has 11 rings (SSSR count). The van der Waals surface area contributed by atoms with Crippen LogP contribution in [0.1, 0.15) is 61.1 Å². The highest BCUT2D eigenvalue weighted by molar-refractivity contribution is 6.43. The number of likely N-dealkylation sites (tertiary alicyclic amines) is 1. The van der Waals surface area contributed by atoms with Crippen molar-refractivity contribution in [3.05, 3.63) is 87.7 Å². The maximum atomic E-state index is 17.3. The standard InChI is InChI=1S/C41H38Cl2FN7O/c1-21-29-17-33(39-25-14-27(50(39)41(52)22-7-8-22)20-49(19-25)26-9-12-46-13-10-26)51(38-24-16-32(38)47-18-24)40(29)30-15-23(4-3-11-45)34(36(44)37(30)48-21)28-5-2-6-31(42)35(28)43/h2,5-6,9-10,12-13,15,17,22,24-25,27,32,38-39,47H,3-4,7-8,14,16,18-20H2,1H3/t24-,25+,27-,32-,38+,39-/m1/s1. The van der Waals surface area contributed by atoms with Gasteiger partial charge in [0.2, 0.25) is 5.91 Å². The topological polar surface area (TPSA) is 90.1 Å². The van der Waals surface area contributed by atoms with E-state index in [0.29, 0.717) is 40.1 Å². The number of rotatable bonds is 7. The number of pyridine rings is 2. The molecule has 5 aromatic rings. The number of nitrogens with zero attached hydrogens (tertiary/aromatic N) is 6. The number of hydrogen-bond donors (Lipinski definition) is 1. The summed E-state index contributed by atoms with van der Waals surface area (Å²) in [5, 5.41) is 15.7. The highest BCUT2D eigenvalue weighted by atomic mass is 35.5. The molecule has 0 spiro atoms. The van der Waals surface area contributed by atoms with E-state index < -0.39 is 5.82 Å². The second-order valence-electron chi connectivity index (χ2n) is 15.5. The average Bonchev–Trinajstić information content (AvgIpc) is 3.43. The Morgan fingerprint density at radius 1 is 1.08 bits per heavy atom. The Morgan fingerprint density at radius 3 is 2.63 bits per heavy atom. The van der Waals surface area contributed by atoms with Crippen molar-refractivity contribution in [1.29, 1.82) is 5.26 Å². The molecule has 6 fully saturated rings. The second-order valence-corrected chi connectivity index (χ2v) is 16.3. The first-order valence-electron chi connectivity index (χ1n) is 18.5. The van der Waals surface area contributed by atoms with E-state index in [1.807, 2.05) is 25.4 Å². The quantitative estimate of drug-likeness (QED) is 0.182. The average molecular weight is 735 g/mol. The van der Waals surface area contributed by atoms with Gasteiger partial charge in [0.15, 0.2) is 5.82 Å². The Labute approximate surface area is 311 Å². The lowest BCUT2D eigenvalue weighted by molar-refractivity contribution is -0.135. The van der Waals surface area contributed by atoms with Crippen LogP contribution in [0.15, 0.2) is 54.9 Å². The number of fused-ring (bicyclic) bond motifs is 6. The molecular formula is C41H38Cl2FN7O. The van der Waals surface area contributed by atoms with Crippen LogP contribution in [0, 0.1) is 41.8 Å². The molecular weight excluding hydrogens is 696 g/mol. The number of nitrogens with one attached hydrogen (secondary N) is 1. The van der Waals surface area contributed by atoms with Gasteiger partial charge in [0.1, 0.15) is 5.52 Å². The van der Waals surface area contributed by atoms with Gasteiger partial charge in [-0.3, -0.25) is 9.78 Å². The molecule has 8 nitrogen and oxygen atoms in total. The summed E-state index contributed by atoms with van der Waals surface area (Å²) in [4.78, 5) is 28.3. The number of nitriles is 1. The highest BCUT2D eigenvalue weighted by Gasteiger charge is 2.55. The van der Waals surface area contributed by atoms with Gasteiger partial charge in [0, 0.05) is 95.3 Å². The Morgan fingerprint density at radius 2 is 1.90 bits per heavy atom. The van der Waals surface area contributed by atoms with E-state index in [4.69, 9.17) is 28.2 Å². The fourth-order valence-electron chi connectivity index (χ4n) is 10.1. The molecule has 2 saturated carbocycles. The van der Waals surface area contributed by atoms with Crippen LogP contribution in [-0.4, -0.2) is 57.1 Å². The lowest BCUT2D eigenvalue weighted by Gasteiger charge is -2.40. The Hall–Kier alpha value is -4.23. The Bertz CT molecular complexity index is 2320. The minimum Gasteiger partial charge on any atom is -0.369 e. The van der Waals surface area contributed by atoms with Crippen molar-refractivity contribution in [2.24, 2.45) is 17.8 Å². The lowest BCUT2D eigenvalue weighted by atomic mass is 9.79. The van der Waals surface area contributed by atoms with Crippen LogP contribution in [0.5, 0.6) is 0 Å². The van der Waals surface area contributed by atoms with Crippen molar-refractivity contribution in [2.45, 2.75) is 69.6 Å². The maximum absolute atomic E-state index is 17.3. The smallest absolute Gasteiger partial charge is 0.226 e. The van der Waals surface area contributed by atoms with Gasteiger partial charge in [0.05, 0.1) is 39.8 Å². The first-order valence-corrected chi connectivity index (χ1v) is 19.3. The van der Waals surface area contributed by atoms with Gasteiger partial charge >= 0.3 is 0 Å². The van der Waals surface area contributed by atoms with Crippen LogP contribution < -0.4 is 10.2 Å². The molecule has 4 saturated heterocycles. The van der Waals surface area contributed by atoms with E-state index in [9.17, 15) is 10.1 Å². The van der Waals surface area contributed by atoms with Gasteiger partial charge in [-0.25, -0.2) is 9.37 Å². The van der Waals surface area contributed by atoms with Crippen LogP contribution in [0.3, 0.4) is 0 Å². The molecule has 11 heteroatoms. The van der Waals surface area contributed by atoms with Crippen LogP contribution in [0.4, 0.5) is 10.1 Å². The van der Waals surface area contributed by atoms with E-state index in [1.54, 1.807) is 18.2 Å². The minimum absolute atomic E-state index is 0.0911. The van der Waals surface area contributed by atoms with Crippen LogP contribution in [0.25, 0.3) is 32.9 Å². The van der Waals surface area contributed by atoms with E-state index >= 15 is 4.39 Å². The molecule has 6 aliphatic rings. The molecule has 52 heavy (non-hydrogen) atoms. The number of carbonyl (C=O) groups is 1. The molecule has 7 heterocycles. The van der Waals surface area contributed by atoms with Crippen LogP contribution in [-0.2, 0) is 11.2 Å². The monoisotopic (exact) mass is 733 g/mol. The summed E-state index contributed by atoms with van der Waals surface area (Å²) in [6.45, 7) is 4.53. The number of aryl methyl sites for hydroxylation is 2. The summed E-state index contributed by atoms with van der Waals surface area (Å²) in [5.74, 6) is 0.569. The third kappa shape index (κ3) is 4.83. The Balaban J connectivity index is 1.22. The zero-order chi connectivity index (χ0) is 35.4. The lowest BCUT2D eigenvalue weighted by Crippen LogP contribution is -2.45. The predicted molar refractivity (Wildman–Crippen MR) is 201 cm³/mol. The zero-order valence-electron chi connectivity index (χ0n) is 28.8. The number of carbonyl (C=O) groups excluding carboxylic acids is 1. The summed E-state index contributed by atoms with van der Waals surface area (Å²) in [6.07, 6.45) is 8.20. The summed E-state index contributed by atoms with van der Waals surface area (Å²) in [5.41, 5.74) is 5.78. The highest BCUT2D eigenvalue weighted by Crippen LogP contribution is 2.54. The van der Waals surface area contributed by atoms with Gasteiger partial charge in [-0.2, -0.15) is 5.26 Å². The zero-order valence-corrected chi connectivity index (χ0v) is 30.3. The van der Waals surface area contributed by atoms with Gasteiger partial charge in [-0.15, -0.1) is 0 Å². The molecule has 6 atom stereocenters. The largest absolute Gasteiger partial charge is 0.369 e. The van der Waals surface area contributed by atoms with Crippen LogP contribution >= 0.6 is 23.2 Å². The molecule has 0 radical (unpaired) electrons. The summed E-state index contributed by atoms with van der Waals surface area (Å²) in [7, 11) is 0. The summed E-state index contributed by atoms with van der Waals surface area (Å²) in [6, 6.07) is 16.4. The van der Waals surface area contributed by atoms with Crippen molar-refractivity contribution in [1.82, 2.24) is 24.8 Å². The normalized spacial score (nSPS) is 26.3.